The Hall–Kier alpha value is -2.87. The number of carbonyl (C=O) groups excluding carboxylic acids is 3. The van der Waals surface area contributed by atoms with Gasteiger partial charge in [0.25, 0.3) is 0 Å². The van der Waals surface area contributed by atoms with Crippen molar-refractivity contribution in [1.82, 2.24) is 4.90 Å². The standard InChI is InChI=1S/C24H22ClF3N2O3/c25-19-11-10-15(13-18(19)24(26,27)28)29-21(31)20(12-14-6-2-1-3-7-14)30-22(32)16-8-4-5-9-17(16)23(30)33/h1-3,6-7,10-11,13,16-17,20H,4-5,8-9,12H2,(H,29,31). The van der Waals surface area contributed by atoms with Crippen LogP contribution in [0.2, 0.25) is 5.02 Å². The third-order valence-electron chi connectivity index (χ3n) is 6.30. The van der Waals surface area contributed by atoms with Crippen LogP contribution in [-0.4, -0.2) is 28.7 Å². The Kier molecular flexibility index (Phi) is 6.47. The summed E-state index contributed by atoms with van der Waals surface area (Å²) in [6, 6.07) is 10.7. The maximum Gasteiger partial charge on any atom is 0.417 e. The number of fused-ring (bicyclic) bond motifs is 1. The van der Waals surface area contributed by atoms with Gasteiger partial charge >= 0.3 is 6.18 Å². The molecule has 2 aromatic rings. The highest BCUT2D eigenvalue weighted by atomic mass is 35.5. The van der Waals surface area contributed by atoms with Gasteiger partial charge < -0.3 is 5.32 Å². The first-order chi connectivity index (χ1) is 15.7. The smallest absolute Gasteiger partial charge is 0.324 e. The lowest BCUT2D eigenvalue weighted by molar-refractivity contribution is -0.146. The summed E-state index contributed by atoms with van der Waals surface area (Å²) in [5.41, 5.74) is -0.479. The van der Waals surface area contributed by atoms with Crippen molar-refractivity contribution in [2.75, 3.05) is 5.32 Å². The van der Waals surface area contributed by atoms with Crippen molar-refractivity contribution in [2.24, 2.45) is 11.8 Å². The number of hydrogen-bond donors (Lipinski definition) is 1. The summed E-state index contributed by atoms with van der Waals surface area (Å²) in [5.74, 6) is -2.37. The van der Waals surface area contributed by atoms with Crippen LogP contribution < -0.4 is 5.32 Å². The molecule has 1 aliphatic heterocycles. The van der Waals surface area contributed by atoms with E-state index in [0.29, 0.717) is 12.8 Å². The number of imide groups is 1. The molecule has 1 saturated carbocycles. The maximum absolute atomic E-state index is 13.3. The minimum Gasteiger partial charge on any atom is -0.324 e. The molecule has 9 heteroatoms. The lowest BCUT2D eigenvalue weighted by atomic mass is 9.81. The van der Waals surface area contributed by atoms with Gasteiger partial charge in [0.2, 0.25) is 17.7 Å². The van der Waals surface area contributed by atoms with Gasteiger partial charge in [0.05, 0.1) is 22.4 Å². The van der Waals surface area contributed by atoms with E-state index in [-0.39, 0.29) is 23.9 Å². The first-order valence-corrected chi connectivity index (χ1v) is 11.1. The predicted molar refractivity (Wildman–Crippen MR) is 116 cm³/mol. The van der Waals surface area contributed by atoms with Crippen LogP contribution in [0.4, 0.5) is 18.9 Å². The third kappa shape index (κ3) is 4.76. The lowest BCUT2D eigenvalue weighted by Crippen LogP contribution is -2.49. The first-order valence-electron chi connectivity index (χ1n) is 10.8. The molecule has 3 atom stereocenters. The molecule has 0 aromatic heterocycles. The molecule has 1 N–H and O–H groups in total. The third-order valence-corrected chi connectivity index (χ3v) is 6.63. The van der Waals surface area contributed by atoms with Gasteiger partial charge in [0.15, 0.2) is 0 Å². The molecule has 4 rings (SSSR count). The number of benzene rings is 2. The summed E-state index contributed by atoms with van der Waals surface area (Å²) in [4.78, 5) is 40.6. The molecule has 174 valence electrons. The van der Waals surface area contributed by atoms with Crippen molar-refractivity contribution in [2.45, 2.75) is 44.3 Å². The molecule has 1 heterocycles. The number of nitrogens with zero attached hydrogens (tertiary/aromatic N) is 1. The van der Waals surface area contributed by atoms with Crippen molar-refractivity contribution in [1.29, 1.82) is 0 Å². The molecule has 33 heavy (non-hydrogen) atoms. The van der Waals surface area contributed by atoms with E-state index in [0.717, 1.165) is 35.4 Å². The summed E-state index contributed by atoms with van der Waals surface area (Å²) in [6.45, 7) is 0. The monoisotopic (exact) mass is 478 g/mol. The number of anilines is 1. The molecular weight excluding hydrogens is 457 g/mol. The van der Waals surface area contributed by atoms with Crippen LogP contribution in [0.3, 0.4) is 0 Å². The normalized spacial score (nSPS) is 21.6. The highest BCUT2D eigenvalue weighted by Gasteiger charge is 2.51. The Morgan fingerprint density at radius 2 is 1.64 bits per heavy atom. The topological polar surface area (TPSA) is 66.5 Å². The Morgan fingerprint density at radius 3 is 2.21 bits per heavy atom. The summed E-state index contributed by atoms with van der Waals surface area (Å²) in [5, 5.41) is 1.97. The van der Waals surface area contributed by atoms with Crippen LogP contribution in [0, 0.1) is 11.8 Å². The van der Waals surface area contributed by atoms with Crippen LogP contribution in [0.1, 0.15) is 36.8 Å². The van der Waals surface area contributed by atoms with Crippen LogP contribution in [-0.2, 0) is 27.0 Å². The molecule has 3 amide bonds. The first kappa shape index (κ1) is 23.3. The van der Waals surface area contributed by atoms with E-state index < -0.39 is 40.5 Å². The minimum atomic E-state index is -4.70. The van der Waals surface area contributed by atoms with E-state index in [9.17, 15) is 27.6 Å². The molecule has 0 radical (unpaired) electrons. The van der Waals surface area contributed by atoms with Crippen LogP contribution in [0.25, 0.3) is 0 Å². The molecular formula is C24H22ClF3N2O3. The molecule has 3 unspecified atom stereocenters. The van der Waals surface area contributed by atoms with Gasteiger partial charge in [-0.1, -0.05) is 54.8 Å². The van der Waals surface area contributed by atoms with Gasteiger partial charge in [-0.15, -0.1) is 0 Å². The number of halogens is 4. The zero-order chi connectivity index (χ0) is 23.8. The molecule has 2 fully saturated rings. The van der Waals surface area contributed by atoms with Gasteiger partial charge in [-0.05, 0) is 36.6 Å². The van der Waals surface area contributed by atoms with Crippen molar-refractivity contribution in [3.8, 4) is 0 Å². The quantitative estimate of drug-likeness (QED) is 0.609. The molecule has 0 spiro atoms. The van der Waals surface area contributed by atoms with Crippen LogP contribution in [0.5, 0.6) is 0 Å². The SMILES string of the molecule is O=C(Nc1ccc(Cl)c(C(F)(F)F)c1)C(Cc1ccccc1)N1C(=O)C2CCCCC2C1=O. The Balaban J connectivity index is 1.65. The molecule has 0 bridgehead atoms. The van der Waals surface area contributed by atoms with Crippen molar-refractivity contribution < 1.29 is 27.6 Å². The van der Waals surface area contributed by atoms with E-state index >= 15 is 0 Å². The van der Waals surface area contributed by atoms with Crippen LogP contribution in [0.15, 0.2) is 48.5 Å². The largest absolute Gasteiger partial charge is 0.417 e. The average molecular weight is 479 g/mol. The number of likely N-dealkylation sites (tertiary alicyclic amines) is 1. The fourth-order valence-corrected chi connectivity index (χ4v) is 4.90. The summed E-state index contributed by atoms with van der Waals surface area (Å²) in [6.07, 6.45) is -1.76. The highest BCUT2D eigenvalue weighted by Crippen LogP contribution is 2.40. The second-order valence-electron chi connectivity index (χ2n) is 8.43. The van der Waals surface area contributed by atoms with Crippen LogP contribution >= 0.6 is 11.6 Å². The van der Waals surface area contributed by atoms with Crippen molar-refractivity contribution in [3.63, 3.8) is 0 Å². The second-order valence-corrected chi connectivity index (χ2v) is 8.84. The van der Waals surface area contributed by atoms with Gasteiger partial charge in [-0.25, -0.2) is 0 Å². The molecule has 1 aliphatic carbocycles. The fraction of sp³-hybridized carbons (Fsp3) is 0.375. The zero-order valence-electron chi connectivity index (χ0n) is 17.6. The van der Waals surface area contributed by atoms with E-state index in [1.165, 1.54) is 6.07 Å². The summed E-state index contributed by atoms with van der Waals surface area (Å²) in [7, 11) is 0. The summed E-state index contributed by atoms with van der Waals surface area (Å²) >= 11 is 5.67. The van der Waals surface area contributed by atoms with Gasteiger partial charge in [0.1, 0.15) is 6.04 Å². The number of rotatable bonds is 5. The number of carbonyl (C=O) groups is 3. The Bertz CT molecular complexity index is 1050. The number of amides is 3. The summed E-state index contributed by atoms with van der Waals surface area (Å²) < 4.78 is 39.7. The second kappa shape index (κ2) is 9.17. The zero-order valence-corrected chi connectivity index (χ0v) is 18.3. The molecule has 2 aromatic carbocycles. The predicted octanol–water partition coefficient (Wildman–Crippen LogP) is 5.08. The Labute approximate surface area is 193 Å². The molecule has 5 nitrogen and oxygen atoms in total. The maximum atomic E-state index is 13.3. The highest BCUT2D eigenvalue weighted by molar-refractivity contribution is 6.31. The van der Waals surface area contributed by atoms with E-state index in [4.69, 9.17) is 11.6 Å². The minimum absolute atomic E-state index is 0.0588. The van der Waals surface area contributed by atoms with E-state index in [1.54, 1.807) is 30.3 Å². The number of hydrogen-bond acceptors (Lipinski definition) is 3. The van der Waals surface area contributed by atoms with Gasteiger partial charge in [0, 0.05) is 12.1 Å². The molecule has 2 aliphatic rings. The van der Waals surface area contributed by atoms with E-state index in [2.05, 4.69) is 5.32 Å². The van der Waals surface area contributed by atoms with Crippen molar-refractivity contribution >= 4 is 35.0 Å². The number of alkyl halides is 3. The fourth-order valence-electron chi connectivity index (χ4n) is 4.68. The van der Waals surface area contributed by atoms with Crippen molar-refractivity contribution in [3.05, 3.63) is 64.7 Å². The van der Waals surface area contributed by atoms with E-state index in [1.807, 2.05) is 0 Å². The molecule has 1 saturated heterocycles. The van der Waals surface area contributed by atoms with Gasteiger partial charge in [-0.3, -0.25) is 19.3 Å². The Morgan fingerprint density at radius 1 is 1.03 bits per heavy atom. The number of nitrogens with one attached hydrogen (secondary N) is 1. The average Bonchev–Trinajstić information content (AvgIpc) is 3.03. The lowest BCUT2D eigenvalue weighted by Gasteiger charge is -2.26. The van der Waals surface area contributed by atoms with Gasteiger partial charge in [-0.2, -0.15) is 13.2 Å².